The molecule has 152 valence electrons. The number of hydrogen-bond acceptors (Lipinski definition) is 8. The lowest BCUT2D eigenvalue weighted by Gasteiger charge is -2.25. The number of nitrogens with zero attached hydrogens (tertiary/aromatic N) is 2. The third-order valence-electron chi connectivity index (χ3n) is 3.29. The third kappa shape index (κ3) is 7.28. The van der Waals surface area contributed by atoms with Gasteiger partial charge in [-0.25, -0.2) is 4.79 Å². The second-order valence-electron chi connectivity index (χ2n) is 7.28. The van der Waals surface area contributed by atoms with Crippen molar-refractivity contribution in [2.45, 2.75) is 59.3 Å². The molecule has 0 saturated heterocycles. The fourth-order valence-electron chi connectivity index (χ4n) is 2.00. The maximum atomic E-state index is 12.6. The van der Waals surface area contributed by atoms with Crippen LogP contribution in [0.3, 0.4) is 0 Å². The summed E-state index contributed by atoms with van der Waals surface area (Å²) in [7, 11) is 2.89. The van der Waals surface area contributed by atoms with Gasteiger partial charge in [-0.3, -0.25) is 4.79 Å². The van der Waals surface area contributed by atoms with Crippen molar-refractivity contribution in [2.75, 3.05) is 14.2 Å². The van der Waals surface area contributed by atoms with E-state index in [2.05, 4.69) is 15.3 Å². The SMILES string of the molecule is COc1cc(OC)nc(OC(C(=O)NC(C)C(=O)OC(C)(C)C)C(C)C)n1. The summed E-state index contributed by atoms with van der Waals surface area (Å²) in [6.45, 7) is 10.4. The summed E-state index contributed by atoms with van der Waals surface area (Å²) < 4.78 is 21.1. The number of ether oxygens (including phenoxy) is 4. The molecule has 0 aromatic carbocycles. The van der Waals surface area contributed by atoms with E-state index in [9.17, 15) is 9.59 Å². The summed E-state index contributed by atoms with van der Waals surface area (Å²) in [6.07, 6.45) is -0.924. The van der Waals surface area contributed by atoms with Gasteiger partial charge < -0.3 is 24.3 Å². The molecule has 0 spiro atoms. The number of carbonyl (C=O) groups excluding carboxylic acids is 2. The molecular weight excluding hydrogens is 354 g/mol. The molecular formula is C18H29N3O6. The first-order valence-corrected chi connectivity index (χ1v) is 8.63. The summed E-state index contributed by atoms with van der Waals surface area (Å²) in [5.74, 6) is -0.744. The summed E-state index contributed by atoms with van der Waals surface area (Å²) in [5, 5.41) is 2.60. The van der Waals surface area contributed by atoms with Crippen LogP contribution in [-0.4, -0.2) is 53.8 Å². The van der Waals surface area contributed by atoms with Gasteiger partial charge in [-0.15, -0.1) is 0 Å². The number of hydrogen-bond donors (Lipinski definition) is 1. The molecule has 9 heteroatoms. The van der Waals surface area contributed by atoms with Crippen LogP contribution in [0.5, 0.6) is 17.8 Å². The van der Waals surface area contributed by atoms with Crippen LogP contribution in [-0.2, 0) is 14.3 Å². The lowest BCUT2D eigenvalue weighted by molar-refractivity contribution is -0.158. The zero-order chi connectivity index (χ0) is 20.8. The van der Waals surface area contributed by atoms with E-state index < -0.39 is 29.6 Å². The molecule has 1 heterocycles. The highest BCUT2D eigenvalue weighted by Crippen LogP contribution is 2.21. The monoisotopic (exact) mass is 383 g/mol. The van der Waals surface area contributed by atoms with Gasteiger partial charge in [-0.1, -0.05) is 13.8 Å². The van der Waals surface area contributed by atoms with Crippen molar-refractivity contribution >= 4 is 11.9 Å². The number of esters is 1. The van der Waals surface area contributed by atoms with E-state index in [1.165, 1.54) is 20.3 Å². The van der Waals surface area contributed by atoms with Crippen LogP contribution in [0.1, 0.15) is 41.5 Å². The molecule has 0 radical (unpaired) electrons. The van der Waals surface area contributed by atoms with Crippen LogP contribution >= 0.6 is 0 Å². The van der Waals surface area contributed by atoms with Crippen LogP contribution in [0, 0.1) is 5.92 Å². The van der Waals surface area contributed by atoms with Gasteiger partial charge in [0.05, 0.1) is 20.3 Å². The number of methoxy groups -OCH3 is 2. The van der Waals surface area contributed by atoms with E-state index >= 15 is 0 Å². The number of amides is 1. The third-order valence-corrected chi connectivity index (χ3v) is 3.29. The fraction of sp³-hybridized carbons (Fsp3) is 0.667. The Bertz CT molecular complexity index is 635. The molecule has 27 heavy (non-hydrogen) atoms. The van der Waals surface area contributed by atoms with E-state index in [1.54, 1.807) is 41.5 Å². The fourth-order valence-corrected chi connectivity index (χ4v) is 2.00. The molecule has 1 N–H and O–H groups in total. The Morgan fingerprint density at radius 2 is 1.56 bits per heavy atom. The van der Waals surface area contributed by atoms with Crippen molar-refractivity contribution in [1.82, 2.24) is 15.3 Å². The molecule has 0 fully saturated rings. The summed E-state index contributed by atoms with van der Waals surface area (Å²) in [4.78, 5) is 32.8. The Hall–Kier alpha value is -2.58. The van der Waals surface area contributed by atoms with Gasteiger partial charge in [-0.05, 0) is 33.6 Å². The Labute approximate surface area is 159 Å². The summed E-state index contributed by atoms with van der Waals surface area (Å²) >= 11 is 0. The maximum absolute atomic E-state index is 12.6. The van der Waals surface area contributed by atoms with Crippen LogP contribution in [0.25, 0.3) is 0 Å². The first-order chi connectivity index (χ1) is 12.5. The average molecular weight is 383 g/mol. The van der Waals surface area contributed by atoms with Crippen molar-refractivity contribution in [3.63, 3.8) is 0 Å². The number of aromatic nitrogens is 2. The van der Waals surface area contributed by atoms with Crippen LogP contribution in [0.15, 0.2) is 6.07 Å². The van der Waals surface area contributed by atoms with Crippen molar-refractivity contribution in [3.05, 3.63) is 6.07 Å². The molecule has 0 saturated carbocycles. The highest BCUT2D eigenvalue weighted by Gasteiger charge is 2.30. The van der Waals surface area contributed by atoms with E-state index in [-0.39, 0.29) is 23.7 Å². The minimum absolute atomic E-state index is 0.0648. The van der Waals surface area contributed by atoms with Crippen LogP contribution in [0.2, 0.25) is 0 Å². The molecule has 2 unspecified atom stereocenters. The summed E-state index contributed by atoms with van der Waals surface area (Å²) in [6, 6.07) is 0.592. The Morgan fingerprint density at radius 1 is 1.04 bits per heavy atom. The molecule has 0 aliphatic heterocycles. The van der Waals surface area contributed by atoms with Gasteiger partial charge in [0.25, 0.3) is 5.91 Å². The molecule has 0 aliphatic carbocycles. The predicted octanol–water partition coefficient (Wildman–Crippen LogP) is 1.74. The minimum Gasteiger partial charge on any atom is -0.481 e. The molecule has 0 bridgehead atoms. The molecule has 2 atom stereocenters. The largest absolute Gasteiger partial charge is 0.481 e. The standard InChI is InChI=1S/C18H29N3O6/c1-10(2)14(15(22)19-11(3)16(23)27-18(4,5)6)26-17-20-12(24-7)9-13(21-17)25-8/h9-11,14H,1-8H3,(H,19,22). The van der Waals surface area contributed by atoms with Gasteiger partial charge in [0.1, 0.15) is 11.6 Å². The Kier molecular flexibility index (Phi) is 7.81. The van der Waals surface area contributed by atoms with Crippen molar-refractivity contribution < 1.29 is 28.5 Å². The van der Waals surface area contributed by atoms with Crippen LogP contribution in [0.4, 0.5) is 0 Å². The average Bonchev–Trinajstić information content (AvgIpc) is 2.57. The summed E-state index contributed by atoms with van der Waals surface area (Å²) in [5.41, 5.74) is -0.644. The first-order valence-electron chi connectivity index (χ1n) is 8.63. The van der Waals surface area contributed by atoms with E-state index in [0.717, 1.165) is 0 Å². The van der Waals surface area contributed by atoms with Crippen LogP contribution < -0.4 is 19.5 Å². The Morgan fingerprint density at radius 3 is 1.96 bits per heavy atom. The van der Waals surface area contributed by atoms with Gasteiger partial charge in [-0.2, -0.15) is 9.97 Å². The van der Waals surface area contributed by atoms with E-state index in [4.69, 9.17) is 18.9 Å². The second kappa shape index (κ2) is 9.38. The Balaban J connectivity index is 2.89. The highest BCUT2D eigenvalue weighted by atomic mass is 16.6. The minimum atomic E-state index is -0.924. The normalized spacial score (nSPS) is 13.5. The quantitative estimate of drug-likeness (QED) is 0.676. The van der Waals surface area contributed by atoms with E-state index in [0.29, 0.717) is 0 Å². The van der Waals surface area contributed by atoms with Gasteiger partial charge >= 0.3 is 12.0 Å². The lowest BCUT2D eigenvalue weighted by Crippen LogP contribution is -2.49. The van der Waals surface area contributed by atoms with Crippen molar-refractivity contribution in [3.8, 4) is 17.8 Å². The van der Waals surface area contributed by atoms with E-state index in [1.807, 2.05) is 0 Å². The number of rotatable bonds is 8. The zero-order valence-corrected chi connectivity index (χ0v) is 17.2. The molecule has 9 nitrogen and oxygen atoms in total. The topological polar surface area (TPSA) is 109 Å². The highest BCUT2D eigenvalue weighted by molar-refractivity contribution is 5.87. The predicted molar refractivity (Wildman–Crippen MR) is 97.8 cm³/mol. The van der Waals surface area contributed by atoms with Crippen molar-refractivity contribution in [1.29, 1.82) is 0 Å². The maximum Gasteiger partial charge on any atom is 0.328 e. The van der Waals surface area contributed by atoms with Gasteiger partial charge in [0.15, 0.2) is 6.10 Å². The number of nitrogens with one attached hydrogen (secondary N) is 1. The number of carbonyl (C=O) groups is 2. The molecule has 1 aromatic rings. The molecule has 0 aliphatic rings. The van der Waals surface area contributed by atoms with Gasteiger partial charge in [0, 0.05) is 0 Å². The van der Waals surface area contributed by atoms with Gasteiger partial charge in [0.2, 0.25) is 11.8 Å². The molecule has 1 amide bonds. The molecule has 1 rings (SSSR count). The zero-order valence-electron chi connectivity index (χ0n) is 17.2. The smallest absolute Gasteiger partial charge is 0.328 e. The molecule has 1 aromatic heterocycles. The lowest BCUT2D eigenvalue weighted by atomic mass is 10.1. The first kappa shape index (κ1) is 22.5. The van der Waals surface area contributed by atoms with Crippen molar-refractivity contribution in [2.24, 2.45) is 5.92 Å². The second-order valence-corrected chi connectivity index (χ2v) is 7.28.